The molecule has 74 heavy (non-hydrogen) atoms. The van der Waals surface area contributed by atoms with Crippen LogP contribution >= 0.6 is 0 Å². The second-order valence-electron chi connectivity index (χ2n) is 19.2. The molecule has 15 aromatic rings. The van der Waals surface area contributed by atoms with Crippen molar-refractivity contribution < 1.29 is 8.83 Å². The lowest BCUT2D eigenvalue weighted by molar-refractivity contribution is 0.668. The van der Waals surface area contributed by atoms with E-state index >= 15 is 0 Å². The second kappa shape index (κ2) is 16.9. The van der Waals surface area contributed by atoms with Crippen LogP contribution in [0.1, 0.15) is 0 Å². The molecule has 4 heteroatoms. The van der Waals surface area contributed by atoms with Crippen LogP contribution in [0.4, 0.5) is 34.1 Å². The fourth-order valence-electron chi connectivity index (χ4n) is 11.5. The van der Waals surface area contributed by atoms with Gasteiger partial charge in [-0.05, 0) is 127 Å². The average Bonchev–Trinajstić information content (AvgIpc) is 4.04. The predicted molar refractivity (Wildman–Crippen MR) is 311 cm³/mol. The number of fused-ring (bicyclic) bond motifs is 12. The highest BCUT2D eigenvalue weighted by Gasteiger charge is 2.22. The first-order chi connectivity index (χ1) is 36.7. The minimum atomic E-state index is 0.863. The molecule has 0 aliphatic carbocycles. The number of nitrogens with zero attached hydrogens (tertiary/aromatic N) is 2. The molecular weight excluding hydrogens is 901 g/mol. The highest BCUT2D eigenvalue weighted by atomic mass is 16.3. The molecular formula is C70H44N2O2. The standard InChI is InChI=1S/C70H44N2O2/c1-3-15-55-49(13-1)41-65(59-19-7-5-17-57(55)59)71(53-37-39-63-61-21-9-11-23-67(61)73-69(63)43-53)51-33-29-47(30-34-51)45-25-27-46(28-26-45)48-31-35-52(36-32-48)72(54-38-40-64-62-22-10-12-24-68(62)74-70(64)44-54)66-42-50-14-2-4-16-56(50)58-18-6-8-20-60(58)66/h1-44H. The zero-order valence-corrected chi connectivity index (χ0v) is 40.1. The zero-order valence-electron chi connectivity index (χ0n) is 40.1. The highest BCUT2D eigenvalue weighted by Crippen LogP contribution is 2.46. The third-order valence-electron chi connectivity index (χ3n) is 15.0. The fraction of sp³-hybridized carbons (Fsp3) is 0. The molecule has 0 amide bonds. The van der Waals surface area contributed by atoms with E-state index in [4.69, 9.17) is 8.83 Å². The lowest BCUT2D eigenvalue weighted by Gasteiger charge is -2.28. The summed E-state index contributed by atoms with van der Waals surface area (Å²) >= 11 is 0. The Balaban J connectivity index is 0.783. The Morgan fingerprint density at radius 3 is 0.905 bits per heavy atom. The van der Waals surface area contributed by atoms with Gasteiger partial charge in [0.05, 0.1) is 11.4 Å². The Bertz CT molecular complexity index is 4360. The molecule has 0 aliphatic heterocycles. The van der Waals surface area contributed by atoms with Crippen LogP contribution in [-0.4, -0.2) is 0 Å². The van der Waals surface area contributed by atoms with Crippen molar-refractivity contribution in [3.8, 4) is 22.3 Å². The first-order valence-corrected chi connectivity index (χ1v) is 25.2. The van der Waals surface area contributed by atoms with Crippen molar-refractivity contribution in [2.24, 2.45) is 0 Å². The molecule has 15 rings (SSSR count). The van der Waals surface area contributed by atoms with Crippen molar-refractivity contribution >= 4 is 121 Å². The smallest absolute Gasteiger partial charge is 0.137 e. The van der Waals surface area contributed by atoms with Crippen molar-refractivity contribution in [2.75, 3.05) is 9.80 Å². The van der Waals surface area contributed by atoms with E-state index in [2.05, 4.69) is 252 Å². The Morgan fingerprint density at radius 2 is 0.500 bits per heavy atom. The summed E-state index contributed by atoms with van der Waals surface area (Å²) in [6.45, 7) is 0. The molecule has 0 unspecified atom stereocenters. The summed E-state index contributed by atoms with van der Waals surface area (Å²) in [5.41, 5.74) is 14.5. The van der Waals surface area contributed by atoms with Gasteiger partial charge in [0.15, 0.2) is 0 Å². The molecule has 0 N–H and O–H groups in total. The number of hydrogen-bond acceptors (Lipinski definition) is 4. The minimum absolute atomic E-state index is 0.863. The molecule has 0 bridgehead atoms. The summed E-state index contributed by atoms with van der Waals surface area (Å²) in [5, 5.41) is 14.1. The van der Waals surface area contributed by atoms with E-state index in [1.165, 1.54) is 43.1 Å². The van der Waals surface area contributed by atoms with Crippen molar-refractivity contribution in [1.29, 1.82) is 0 Å². The third kappa shape index (κ3) is 6.84. The van der Waals surface area contributed by atoms with E-state index in [1.54, 1.807) is 0 Å². The highest BCUT2D eigenvalue weighted by molar-refractivity contribution is 6.17. The lowest BCUT2D eigenvalue weighted by atomic mass is 9.97. The first kappa shape index (κ1) is 41.8. The monoisotopic (exact) mass is 944 g/mol. The number of benzene rings is 13. The quantitative estimate of drug-likeness (QED) is 0.142. The van der Waals surface area contributed by atoms with Crippen LogP contribution in [0.5, 0.6) is 0 Å². The van der Waals surface area contributed by atoms with Gasteiger partial charge in [-0.15, -0.1) is 0 Å². The largest absolute Gasteiger partial charge is 0.456 e. The van der Waals surface area contributed by atoms with E-state index < -0.39 is 0 Å². The number of hydrogen-bond donors (Lipinski definition) is 0. The van der Waals surface area contributed by atoms with Gasteiger partial charge >= 0.3 is 0 Å². The SMILES string of the molecule is c1ccc2c(c1)cc(N(c1ccc(-c3ccc(-c4ccc(N(c5ccc6c(c5)oc5ccccc56)c5cc6ccccc6c6ccccc56)cc4)cc3)cc1)c1ccc3c(c1)oc1ccccc13)c1ccccc12. The Kier molecular flexibility index (Phi) is 9.54. The molecule has 0 saturated heterocycles. The molecule has 4 nitrogen and oxygen atoms in total. The summed E-state index contributed by atoms with van der Waals surface area (Å²) in [6.07, 6.45) is 0. The molecule has 0 radical (unpaired) electrons. The zero-order chi connectivity index (χ0) is 48.7. The van der Waals surface area contributed by atoms with E-state index in [0.717, 1.165) is 100 Å². The first-order valence-electron chi connectivity index (χ1n) is 25.2. The Hall–Kier alpha value is -9.90. The van der Waals surface area contributed by atoms with Crippen LogP contribution in [0, 0.1) is 0 Å². The summed E-state index contributed by atoms with van der Waals surface area (Å²) < 4.78 is 12.9. The Labute approximate surface area is 426 Å². The molecule has 346 valence electrons. The molecule has 0 fully saturated rings. The molecule has 0 aliphatic rings. The van der Waals surface area contributed by atoms with Crippen LogP contribution in [0.2, 0.25) is 0 Å². The van der Waals surface area contributed by atoms with Gasteiger partial charge in [0.25, 0.3) is 0 Å². The second-order valence-corrected chi connectivity index (χ2v) is 19.2. The molecule has 0 spiro atoms. The van der Waals surface area contributed by atoms with Crippen LogP contribution in [0.15, 0.2) is 276 Å². The maximum atomic E-state index is 6.46. The summed E-state index contributed by atoms with van der Waals surface area (Å²) in [6, 6.07) is 96.0. The maximum Gasteiger partial charge on any atom is 0.137 e. The molecule has 2 heterocycles. The van der Waals surface area contributed by atoms with Gasteiger partial charge in [0, 0.05) is 67.2 Å². The van der Waals surface area contributed by atoms with Crippen LogP contribution in [-0.2, 0) is 0 Å². The van der Waals surface area contributed by atoms with Gasteiger partial charge in [0.2, 0.25) is 0 Å². The van der Waals surface area contributed by atoms with Crippen LogP contribution in [0.25, 0.3) is 109 Å². The predicted octanol–water partition coefficient (Wildman–Crippen LogP) is 20.4. The summed E-state index contributed by atoms with van der Waals surface area (Å²) in [5.74, 6) is 0. The van der Waals surface area contributed by atoms with E-state index in [0.29, 0.717) is 0 Å². The minimum Gasteiger partial charge on any atom is -0.456 e. The topological polar surface area (TPSA) is 32.8 Å². The molecule has 0 saturated carbocycles. The lowest BCUT2D eigenvalue weighted by Crippen LogP contribution is -2.10. The van der Waals surface area contributed by atoms with Gasteiger partial charge in [-0.3, -0.25) is 0 Å². The van der Waals surface area contributed by atoms with Crippen LogP contribution < -0.4 is 9.80 Å². The normalized spacial score (nSPS) is 11.8. The molecule has 0 atom stereocenters. The molecule has 2 aromatic heterocycles. The maximum absolute atomic E-state index is 6.46. The van der Waals surface area contributed by atoms with Crippen molar-refractivity contribution in [3.05, 3.63) is 267 Å². The van der Waals surface area contributed by atoms with Crippen molar-refractivity contribution in [3.63, 3.8) is 0 Å². The average molecular weight is 945 g/mol. The van der Waals surface area contributed by atoms with E-state index in [1.807, 2.05) is 24.3 Å². The summed E-state index contributed by atoms with van der Waals surface area (Å²) in [7, 11) is 0. The number of anilines is 6. The van der Waals surface area contributed by atoms with E-state index in [-0.39, 0.29) is 0 Å². The van der Waals surface area contributed by atoms with Gasteiger partial charge < -0.3 is 18.6 Å². The summed E-state index contributed by atoms with van der Waals surface area (Å²) in [4.78, 5) is 4.75. The van der Waals surface area contributed by atoms with Gasteiger partial charge in [-0.2, -0.15) is 0 Å². The van der Waals surface area contributed by atoms with Gasteiger partial charge in [-0.25, -0.2) is 0 Å². The number of furan rings is 2. The van der Waals surface area contributed by atoms with Gasteiger partial charge in [-0.1, -0.05) is 182 Å². The Morgan fingerprint density at radius 1 is 0.203 bits per heavy atom. The van der Waals surface area contributed by atoms with Gasteiger partial charge in [0.1, 0.15) is 22.3 Å². The number of rotatable bonds is 8. The van der Waals surface area contributed by atoms with Crippen LogP contribution in [0.3, 0.4) is 0 Å². The van der Waals surface area contributed by atoms with Crippen molar-refractivity contribution in [1.82, 2.24) is 0 Å². The third-order valence-corrected chi connectivity index (χ3v) is 15.0. The number of para-hydroxylation sites is 2. The van der Waals surface area contributed by atoms with E-state index in [9.17, 15) is 0 Å². The fourth-order valence-corrected chi connectivity index (χ4v) is 11.5. The van der Waals surface area contributed by atoms with Crippen molar-refractivity contribution in [2.45, 2.75) is 0 Å². The molecule has 13 aromatic carbocycles.